The Morgan fingerprint density at radius 2 is 1.74 bits per heavy atom. The van der Waals surface area contributed by atoms with E-state index in [4.69, 9.17) is 11.6 Å². The van der Waals surface area contributed by atoms with Crippen molar-refractivity contribution in [2.45, 2.75) is 38.6 Å². The van der Waals surface area contributed by atoms with E-state index in [0.29, 0.717) is 17.0 Å². The Labute approximate surface area is 143 Å². The molecule has 1 atom stereocenters. The highest BCUT2D eigenvalue weighted by Gasteiger charge is 2.16. The maximum atomic E-state index is 12.5. The van der Waals surface area contributed by atoms with Crippen molar-refractivity contribution in [3.05, 3.63) is 70.7 Å². The number of benzene rings is 2. The SMILES string of the molecule is CCCCCNC(CC(=O)c1ccc(Cl)cc1)c1ccccc1. The van der Waals surface area contributed by atoms with Gasteiger partial charge < -0.3 is 5.32 Å². The number of hydrogen-bond acceptors (Lipinski definition) is 2. The molecule has 0 aromatic heterocycles. The number of Topliss-reactive ketones (excluding diaryl/α,β-unsaturated/α-hetero) is 1. The highest BCUT2D eigenvalue weighted by atomic mass is 35.5. The molecule has 0 spiro atoms. The van der Waals surface area contributed by atoms with Gasteiger partial charge in [-0.25, -0.2) is 0 Å². The molecule has 0 aliphatic carbocycles. The fourth-order valence-electron chi connectivity index (χ4n) is 2.58. The van der Waals surface area contributed by atoms with Crippen molar-refractivity contribution in [3.8, 4) is 0 Å². The van der Waals surface area contributed by atoms with E-state index < -0.39 is 0 Å². The van der Waals surface area contributed by atoms with Crippen LogP contribution in [-0.2, 0) is 0 Å². The zero-order valence-corrected chi connectivity index (χ0v) is 14.4. The molecule has 122 valence electrons. The van der Waals surface area contributed by atoms with Gasteiger partial charge in [-0.05, 0) is 42.8 Å². The van der Waals surface area contributed by atoms with Crippen molar-refractivity contribution in [1.82, 2.24) is 5.32 Å². The fourth-order valence-corrected chi connectivity index (χ4v) is 2.71. The monoisotopic (exact) mass is 329 g/mol. The summed E-state index contributed by atoms with van der Waals surface area (Å²) in [5.74, 6) is 0.138. The number of rotatable bonds is 9. The molecule has 1 N–H and O–H groups in total. The lowest BCUT2D eigenvalue weighted by molar-refractivity contribution is 0.0968. The Morgan fingerprint density at radius 1 is 1.04 bits per heavy atom. The summed E-state index contributed by atoms with van der Waals surface area (Å²) in [4.78, 5) is 12.5. The van der Waals surface area contributed by atoms with Crippen LogP contribution in [-0.4, -0.2) is 12.3 Å². The number of halogens is 1. The van der Waals surface area contributed by atoms with Crippen LogP contribution in [0.15, 0.2) is 54.6 Å². The van der Waals surface area contributed by atoms with E-state index in [9.17, 15) is 4.79 Å². The van der Waals surface area contributed by atoms with Gasteiger partial charge in [-0.3, -0.25) is 4.79 Å². The Hall–Kier alpha value is -1.64. The molecule has 0 saturated carbocycles. The van der Waals surface area contributed by atoms with Crippen molar-refractivity contribution in [3.63, 3.8) is 0 Å². The Morgan fingerprint density at radius 3 is 2.39 bits per heavy atom. The highest BCUT2D eigenvalue weighted by Crippen LogP contribution is 2.20. The molecule has 0 fully saturated rings. The van der Waals surface area contributed by atoms with Gasteiger partial charge in [-0.2, -0.15) is 0 Å². The first-order valence-corrected chi connectivity index (χ1v) is 8.65. The topological polar surface area (TPSA) is 29.1 Å². The largest absolute Gasteiger partial charge is 0.310 e. The molecule has 0 bridgehead atoms. The van der Waals surface area contributed by atoms with Gasteiger partial charge in [0.05, 0.1) is 0 Å². The van der Waals surface area contributed by atoms with Crippen LogP contribution >= 0.6 is 11.6 Å². The fraction of sp³-hybridized carbons (Fsp3) is 0.350. The van der Waals surface area contributed by atoms with Crippen molar-refractivity contribution >= 4 is 17.4 Å². The number of nitrogens with one attached hydrogen (secondary N) is 1. The minimum absolute atomic E-state index is 0.0521. The third-order valence-electron chi connectivity index (χ3n) is 3.93. The van der Waals surface area contributed by atoms with Gasteiger partial charge in [0.15, 0.2) is 5.78 Å². The second-order valence-electron chi connectivity index (χ2n) is 5.76. The summed E-state index contributed by atoms with van der Waals surface area (Å²) in [6, 6.07) is 17.4. The standard InChI is InChI=1S/C20H24ClNO/c1-2-3-7-14-22-19(16-8-5-4-6-9-16)15-20(23)17-10-12-18(21)13-11-17/h4-6,8-13,19,22H,2-3,7,14-15H2,1H3. The van der Waals surface area contributed by atoms with Gasteiger partial charge in [0.1, 0.15) is 0 Å². The molecule has 2 aromatic rings. The van der Waals surface area contributed by atoms with Crippen LogP contribution in [0.4, 0.5) is 0 Å². The average molecular weight is 330 g/mol. The smallest absolute Gasteiger partial charge is 0.164 e. The second-order valence-corrected chi connectivity index (χ2v) is 6.20. The average Bonchev–Trinajstić information content (AvgIpc) is 2.59. The summed E-state index contributed by atoms with van der Waals surface area (Å²) in [7, 11) is 0. The summed E-state index contributed by atoms with van der Waals surface area (Å²) in [6.07, 6.45) is 3.99. The molecule has 0 aliphatic rings. The minimum atomic E-state index is 0.0521. The van der Waals surface area contributed by atoms with Crippen LogP contribution in [0.2, 0.25) is 5.02 Å². The maximum absolute atomic E-state index is 12.5. The molecule has 0 amide bonds. The lowest BCUT2D eigenvalue weighted by atomic mass is 9.97. The second kappa shape index (κ2) is 9.49. The molecule has 0 aliphatic heterocycles. The van der Waals surface area contributed by atoms with Crippen LogP contribution in [0.3, 0.4) is 0 Å². The Kier molecular flexibility index (Phi) is 7.31. The molecule has 0 radical (unpaired) electrons. The van der Waals surface area contributed by atoms with Crippen LogP contribution in [0.5, 0.6) is 0 Å². The maximum Gasteiger partial charge on any atom is 0.164 e. The molecule has 23 heavy (non-hydrogen) atoms. The third-order valence-corrected chi connectivity index (χ3v) is 4.18. The predicted molar refractivity (Wildman–Crippen MR) is 97.1 cm³/mol. The van der Waals surface area contributed by atoms with Gasteiger partial charge in [-0.1, -0.05) is 61.7 Å². The first kappa shape index (κ1) is 17.7. The number of hydrogen-bond donors (Lipinski definition) is 1. The summed E-state index contributed by atoms with van der Waals surface area (Å²) in [5.41, 5.74) is 1.87. The van der Waals surface area contributed by atoms with Gasteiger partial charge in [0, 0.05) is 23.0 Å². The summed E-state index contributed by atoms with van der Waals surface area (Å²) in [5, 5.41) is 4.19. The first-order chi connectivity index (χ1) is 11.2. The quantitative estimate of drug-likeness (QED) is 0.490. The minimum Gasteiger partial charge on any atom is -0.310 e. The summed E-state index contributed by atoms with van der Waals surface area (Å²) >= 11 is 5.89. The number of unbranched alkanes of at least 4 members (excludes halogenated alkanes) is 2. The van der Waals surface area contributed by atoms with Crippen molar-refractivity contribution in [2.24, 2.45) is 0 Å². The highest BCUT2D eigenvalue weighted by molar-refractivity contribution is 6.30. The molecule has 3 heteroatoms. The van der Waals surface area contributed by atoms with Gasteiger partial charge >= 0.3 is 0 Å². The molecule has 2 nitrogen and oxygen atoms in total. The normalized spacial score (nSPS) is 12.1. The first-order valence-electron chi connectivity index (χ1n) is 8.27. The van der Waals surface area contributed by atoms with E-state index >= 15 is 0 Å². The van der Waals surface area contributed by atoms with E-state index in [1.165, 1.54) is 12.8 Å². The molecule has 2 rings (SSSR count). The molecular weight excluding hydrogens is 306 g/mol. The van der Waals surface area contributed by atoms with Crippen molar-refractivity contribution in [1.29, 1.82) is 0 Å². The number of carbonyl (C=O) groups excluding carboxylic acids is 1. The molecule has 0 heterocycles. The van der Waals surface area contributed by atoms with Gasteiger partial charge in [0.25, 0.3) is 0 Å². The molecule has 1 unspecified atom stereocenters. The zero-order chi connectivity index (χ0) is 16.5. The van der Waals surface area contributed by atoms with Crippen molar-refractivity contribution in [2.75, 3.05) is 6.54 Å². The van der Waals surface area contributed by atoms with Crippen molar-refractivity contribution < 1.29 is 4.79 Å². The molecule has 0 saturated heterocycles. The lowest BCUT2D eigenvalue weighted by Gasteiger charge is -2.19. The van der Waals surface area contributed by atoms with E-state index in [1.807, 2.05) is 18.2 Å². The van der Waals surface area contributed by atoms with Crippen LogP contribution in [0, 0.1) is 0 Å². The van der Waals surface area contributed by atoms with E-state index in [-0.39, 0.29) is 11.8 Å². The van der Waals surface area contributed by atoms with Crippen LogP contribution in [0.1, 0.15) is 54.6 Å². The Balaban J connectivity index is 2.04. The number of ketones is 1. The van der Waals surface area contributed by atoms with Crippen LogP contribution < -0.4 is 5.32 Å². The zero-order valence-electron chi connectivity index (χ0n) is 13.6. The number of carbonyl (C=O) groups is 1. The van der Waals surface area contributed by atoms with E-state index in [0.717, 1.165) is 18.5 Å². The van der Waals surface area contributed by atoms with Crippen LogP contribution in [0.25, 0.3) is 0 Å². The van der Waals surface area contributed by atoms with E-state index in [1.54, 1.807) is 24.3 Å². The lowest BCUT2D eigenvalue weighted by Crippen LogP contribution is -2.25. The molecular formula is C20H24ClNO. The predicted octanol–water partition coefficient (Wildman–Crippen LogP) is 5.43. The summed E-state index contributed by atoms with van der Waals surface area (Å²) < 4.78 is 0. The van der Waals surface area contributed by atoms with Gasteiger partial charge in [-0.15, -0.1) is 0 Å². The van der Waals surface area contributed by atoms with Gasteiger partial charge in [0.2, 0.25) is 0 Å². The van der Waals surface area contributed by atoms with E-state index in [2.05, 4.69) is 24.4 Å². The third kappa shape index (κ3) is 5.81. The Bertz CT molecular complexity index is 595. The molecule has 2 aromatic carbocycles. The summed E-state index contributed by atoms with van der Waals surface area (Å²) in [6.45, 7) is 3.13.